The molecule has 0 saturated heterocycles. The van der Waals surface area contributed by atoms with Crippen LogP contribution in [0, 0.1) is 0 Å². The van der Waals surface area contributed by atoms with Gasteiger partial charge in [-0.25, -0.2) is 9.78 Å². The number of hydrogen-bond acceptors (Lipinski definition) is 2. The van der Waals surface area contributed by atoms with E-state index < -0.39 is 23.5 Å². The number of hydrogen-bond donors (Lipinski definition) is 1. The molecule has 2 heterocycles. The van der Waals surface area contributed by atoms with Gasteiger partial charge in [0.1, 0.15) is 11.3 Å². The Morgan fingerprint density at radius 3 is 2.41 bits per heavy atom. The Balaban J connectivity index is 2.66. The molecule has 0 aliphatic carbocycles. The molecular weight excluding hydrogens is 249 g/mol. The summed E-state index contributed by atoms with van der Waals surface area (Å²) >= 11 is 0. The van der Waals surface area contributed by atoms with Crippen molar-refractivity contribution >= 4 is 5.65 Å². The molecule has 0 unspecified atom stereocenters. The number of nitrogens with one attached hydrogen (secondary N) is 1. The van der Waals surface area contributed by atoms with Crippen LogP contribution in [0.15, 0.2) is 23.3 Å². The van der Waals surface area contributed by atoms with Crippen LogP contribution < -0.4 is 5.69 Å². The van der Waals surface area contributed by atoms with Gasteiger partial charge in [0.25, 0.3) is 0 Å². The number of aromatic nitrogens is 3. The average Bonchev–Trinajstić information content (AvgIpc) is 2.61. The van der Waals surface area contributed by atoms with Crippen molar-refractivity contribution in [2.75, 3.05) is 0 Å². The fourth-order valence-electron chi connectivity index (χ4n) is 1.23. The summed E-state index contributed by atoms with van der Waals surface area (Å²) in [5.74, 6) is -5.09. The van der Waals surface area contributed by atoms with Crippen molar-refractivity contribution in [1.29, 1.82) is 0 Å². The van der Waals surface area contributed by atoms with Crippen LogP contribution in [0.1, 0.15) is 5.69 Å². The summed E-state index contributed by atoms with van der Waals surface area (Å²) in [6.45, 7) is 0. The molecule has 0 spiro atoms. The normalized spacial score (nSPS) is 13.2. The Labute approximate surface area is 89.7 Å². The van der Waals surface area contributed by atoms with Crippen LogP contribution in [-0.4, -0.2) is 20.5 Å². The number of aromatic amines is 1. The third-order valence-electron chi connectivity index (χ3n) is 2.07. The number of alkyl halides is 5. The molecule has 0 atom stereocenters. The average molecular weight is 253 g/mol. The summed E-state index contributed by atoms with van der Waals surface area (Å²) in [6.07, 6.45) is -4.29. The van der Waals surface area contributed by atoms with Gasteiger partial charge >= 0.3 is 17.8 Å². The molecule has 9 heteroatoms. The minimum atomic E-state index is -5.75. The van der Waals surface area contributed by atoms with Gasteiger partial charge in [-0.1, -0.05) is 0 Å². The van der Waals surface area contributed by atoms with Crippen molar-refractivity contribution < 1.29 is 22.0 Å². The van der Waals surface area contributed by atoms with Crippen LogP contribution in [0.3, 0.4) is 0 Å². The molecular formula is C8H4F5N3O. The lowest BCUT2D eigenvalue weighted by Crippen LogP contribution is -2.34. The van der Waals surface area contributed by atoms with Gasteiger partial charge in [-0.15, -0.1) is 0 Å². The summed E-state index contributed by atoms with van der Waals surface area (Å²) < 4.78 is 62.6. The Hall–Kier alpha value is -1.93. The highest BCUT2D eigenvalue weighted by molar-refractivity contribution is 5.39. The number of nitrogens with zero attached hydrogens (tertiary/aromatic N) is 2. The molecule has 2 aromatic rings. The van der Waals surface area contributed by atoms with Crippen molar-refractivity contribution in [2.24, 2.45) is 0 Å². The smallest absolute Gasteiger partial charge is 0.314 e. The minimum Gasteiger partial charge on any atom is -0.314 e. The maximum Gasteiger partial charge on any atom is 0.459 e. The molecule has 0 aliphatic heterocycles. The van der Waals surface area contributed by atoms with Crippen LogP contribution >= 0.6 is 0 Å². The van der Waals surface area contributed by atoms with Gasteiger partial charge in [0.15, 0.2) is 0 Å². The lowest BCUT2D eigenvalue weighted by molar-refractivity contribution is -0.290. The zero-order valence-corrected chi connectivity index (χ0v) is 7.92. The zero-order chi connectivity index (χ0) is 12.8. The molecule has 0 bridgehead atoms. The highest BCUT2D eigenvalue weighted by Crippen LogP contribution is 2.43. The largest absolute Gasteiger partial charge is 0.459 e. The maximum absolute atomic E-state index is 12.9. The molecule has 2 rings (SSSR count). The van der Waals surface area contributed by atoms with Crippen molar-refractivity contribution in [3.8, 4) is 0 Å². The van der Waals surface area contributed by atoms with Crippen LogP contribution in [0.2, 0.25) is 0 Å². The molecule has 0 saturated carbocycles. The third-order valence-corrected chi connectivity index (χ3v) is 2.07. The Bertz CT molecular complexity index is 611. The summed E-state index contributed by atoms with van der Waals surface area (Å²) in [5.41, 5.74) is -2.64. The van der Waals surface area contributed by atoms with E-state index in [9.17, 15) is 26.7 Å². The first-order valence-electron chi connectivity index (χ1n) is 4.25. The number of fused-ring (bicyclic) bond motifs is 1. The fourth-order valence-corrected chi connectivity index (χ4v) is 1.23. The van der Waals surface area contributed by atoms with Crippen molar-refractivity contribution in [3.63, 3.8) is 0 Å². The molecule has 0 aromatic carbocycles. The van der Waals surface area contributed by atoms with E-state index in [1.165, 1.54) is 0 Å². The predicted molar refractivity (Wildman–Crippen MR) is 45.8 cm³/mol. The maximum atomic E-state index is 12.9. The second kappa shape index (κ2) is 3.28. The minimum absolute atomic E-state index is 0.285. The quantitative estimate of drug-likeness (QED) is 0.786. The lowest BCUT2D eigenvalue weighted by Gasteiger charge is -2.16. The van der Waals surface area contributed by atoms with Crippen LogP contribution in [0.25, 0.3) is 5.65 Å². The summed E-state index contributed by atoms with van der Waals surface area (Å²) in [6, 6.07) is 1.11. The van der Waals surface area contributed by atoms with Crippen LogP contribution in [0.5, 0.6) is 0 Å². The van der Waals surface area contributed by atoms with E-state index in [1.807, 2.05) is 0 Å². The number of rotatable bonds is 1. The second-order valence-electron chi connectivity index (χ2n) is 3.21. The highest BCUT2D eigenvalue weighted by Gasteiger charge is 2.60. The van der Waals surface area contributed by atoms with E-state index in [0.717, 1.165) is 12.3 Å². The molecule has 1 N–H and O–H groups in total. The van der Waals surface area contributed by atoms with Gasteiger partial charge in [-0.3, -0.25) is 4.40 Å². The predicted octanol–water partition coefficient (Wildman–Crippen LogP) is 1.68. The number of H-pyrrole nitrogens is 1. The zero-order valence-electron chi connectivity index (χ0n) is 7.92. The van der Waals surface area contributed by atoms with Gasteiger partial charge in [0.2, 0.25) is 0 Å². The van der Waals surface area contributed by atoms with E-state index in [4.69, 9.17) is 0 Å². The molecule has 0 amide bonds. The Morgan fingerprint density at radius 1 is 1.24 bits per heavy atom. The van der Waals surface area contributed by atoms with Gasteiger partial charge < -0.3 is 4.98 Å². The standard InChI is InChI=1S/C8H4F5N3O/c9-7(10,8(11,12)13)4-3-16-5(15-4)1-2-14-6(16)17/h1-3H,(H,14,17). The second-order valence-corrected chi connectivity index (χ2v) is 3.21. The van der Waals surface area contributed by atoms with Gasteiger partial charge in [0.05, 0.1) is 0 Å². The SMILES string of the molecule is O=c1[nH]ccc2nc(C(F)(F)C(F)(F)F)cn12. The third kappa shape index (κ3) is 1.67. The first-order valence-corrected chi connectivity index (χ1v) is 4.25. The van der Waals surface area contributed by atoms with Crippen LogP contribution in [-0.2, 0) is 5.92 Å². The van der Waals surface area contributed by atoms with Crippen LogP contribution in [0.4, 0.5) is 22.0 Å². The Morgan fingerprint density at radius 2 is 1.88 bits per heavy atom. The first kappa shape index (κ1) is 11.6. The van der Waals surface area contributed by atoms with Gasteiger partial charge in [-0.05, 0) is 6.07 Å². The van der Waals surface area contributed by atoms with Crippen molar-refractivity contribution in [3.05, 3.63) is 34.6 Å². The molecule has 4 nitrogen and oxygen atoms in total. The molecule has 0 radical (unpaired) electrons. The summed E-state index contributed by atoms with van der Waals surface area (Å²) in [4.78, 5) is 16.3. The summed E-state index contributed by atoms with van der Waals surface area (Å²) in [7, 11) is 0. The fraction of sp³-hybridized carbons (Fsp3) is 0.250. The van der Waals surface area contributed by atoms with Gasteiger partial charge in [0, 0.05) is 12.4 Å². The highest BCUT2D eigenvalue weighted by atomic mass is 19.4. The molecule has 0 fully saturated rings. The van der Waals surface area contributed by atoms with E-state index in [-0.39, 0.29) is 5.65 Å². The van der Waals surface area contributed by atoms with E-state index in [2.05, 4.69) is 9.97 Å². The number of imidazole rings is 1. The molecule has 92 valence electrons. The molecule has 0 aliphatic rings. The lowest BCUT2D eigenvalue weighted by atomic mass is 10.2. The molecule has 2 aromatic heterocycles. The Kier molecular flexibility index (Phi) is 2.23. The number of halogens is 5. The van der Waals surface area contributed by atoms with E-state index in [0.29, 0.717) is 10.6 Å². The summed E-state index contributed by atoms with van der Waals surface area (Å²) in [5, 5.41) is 0. The first-order chi connectivity index (χ1) is 7.73. The van der Waals surface area contributed by atoms with Crippen molar-refractivity contribution in [2.45, 2.75) is 12.1 Å². The van der Waals surface area contributed by atoms with Crippen molar-refractivity contribution in [1.82, 2.24) is 14.4 Å². The molecule has 17 heavy (non-hydrogen) atoms. The van der Waals surface area contributed by atoms with Gasteiger partial charge in [-0.2, -0.15) is 22.0 Å². The monoisotopic (exact) mass is 253 g/mol. The van der Waals surface area contributed by atoms with E-state index >= 15 is 0 Å². The van der Waals surface area contributed by atoms with E-state index in [1.54, 1.807) is 0 Å². The topological polar surface area (TPSA) is 50.2 Å².